The van der Waals surface area contributed by atoms with Crippen molar-refractivity contribution in [2.75, 3.05) is 12.7 Å². The van der Waals surface area contributed by atoms with E-state index >= 15 is 4.39 Å². The van der Waals surface area contributed by atoms with Gasteiger partial charge in [-0.3, -0.25) is 4.79 Å². The van der Waals surface area contributed by atoms with Gasteiger partial charge in [-0.15, -0.1) is 5.10 Å². The summed E-state index contributed by atoms with van der Waals surface area (Å²) < 4.78 is 106. The normalized spacial score (nSPS) is 24.9. The molecule has 1 aliphatic rings. The molecule has 2 N–H and O–H groups in total. The van der Waals surface area contributed by atoms with Gasteiger partial charge in [-0.1, -0.05) is 6.57 Å². The summed E-state index contributed by atoms with van der Waals surface area (Å²) in [6.45, 7) is 2.51. The maximum atomic E-state index is 15.1. The number of nitrogens with two attached hydrogens (primary N) is 1. The first-order valence-electron chi connectivity index (χ1n) is 13.7. The second kappa shape index (κ2) is 7.40. The number of aromatic nitrogens is 3. The maximum Gasteiger partial charge on any atom is 0.260 e. The average Bonchev–Trinajstić information content (AvgIpc) is 3.17. The number of hydrogen-bond acceptors (Lipinski definition) is 5. The lowest BCUT2D eigenvalue weighted by atomic mass is 9.98. The third kappa shape index (κ3) is 3.36. The van der Waals surface area contributed by atoms with Gasteiger partial charge in [0.1, 0.15) is 17.6 Å². The van der Waals surface area contributed by atoms with Crippen molar-refractivity contribution in [2.24, 2.45) is 7.05 Å². The van der Waals surface area contributed by atoms with Crippen LogP contribution in [0.2, 0.25) is 0 Å². The number of pyridine rings is 1. The SMILES string of the molecule is [2H]c1nc(N)c2c([2H])c1-c1c(nn(C)c1[N+]#[C-])C([2H])([2H])N(C([2H])([2H])[2H])C(=O)c1c([2H])c(C)c(F)c([2H])c1[C@@]([2H])(C)O2. The summed E-state index contributed by atoms with van der Waals surface area (Å²) in [5.41, 5.74) is 1.37. The van der Waals surface area contributed by atoms with Gasteiger partial charge >= 0.3 is 0 Å². The van der Waals surface area contributed by atoms with Gasteiger partial charge in [-0.25, -0.2) is 14.1 Å². The van der Waals surface area contributed by atoms with E-state index in [0.29, 0.717) is 0 Å². The molecule has 8 nitrogen and oxygen atoms in total. The van der Waals surface area contributed by atoms with E-state index in [1.807, 2.05) is 0 Å². The minimum absolute atomic E-state index is 0.274. The molecule has 3 heterocycles. The molecule has 0 saturated heterocycles. The lowest BCUT2D eigenvalue weighted by Gasteiger charge is -2.24. The molecule has 0 radical (unpaired) electrons. The zero-order chi connectivity index (χ0) is 31.1. The van der Waals surface area contributed by atoms with Crippen molar-refractivity contribution in [1.82, 2.24) is 19.7 Å². The molecule has 1 amide bonds. The fraction of sp³-hybridized carbons (Fsp3) is 0.273. The largest absolute Gasteiger partial charge is 0.482 e. The molecule has 0 fully saturated rings. The van der Waals surface area contributed by atoms with Crippen LogP contribution in [0, 0.1) is 19.3 Å². The van der Waals surface area contributed by atoms with Gasteiger partial charge in [0.2, 0.25) is 0 Å². The number of carbonyl (C=O) groups is 1. The van der Waals surface area contributed by atoms with E-state index in [9.17, 15) is 4.79 Å². The van der Waals surface area contributed by atoms with E-state index < -0.39 is 106 Å². The highest BCUT2D eigenvalue weighted by Gasteiger charge is 2.27. The number of nitrogen functional groups attached to an aromatic ring is 1. The number of rotatable bonds is 0. The molecule has 1 aliphatic heterocycles. The number of hydrogen-bond donors (Lipinski definition) is 1. The van der Waals surface area contributed by atoms with Crippen molar-refractivity contribution in [3.05, 3.63) is 63.9 Å². The molecule has 2 bridgehead atoms. The summed E-state index contributed by atoms with van der Waals surface area (Å²) in [5.74, 6) is -4.83. The molecule has 2 aromatic heterocycles. The highest BCUT2D eigenvalue weighted by Crippen LogP contribution is 2.38. The number of halogens is 1. The molecular weight excluding hydrogens is 399 g/mol. The predicted octanol–water partition coefficient (Wildman–Crippen LogP) is 3.79. The number of benzene rings is 1. The Morgan fingerprint density at radius 3 is 3.00 bits per heavy atom. The van der Waals surface area contributed by atoms with Gasteiger partial charge in [-0.05, 0) is 43.1 Å². The molecule has 4 rings (SSSR count). The summed E-state index contributed by atoms with van der Waals surface area (Å²) in [6, 6.07) is -2.84. The van der Waals surface area contributed by atoms with Crippen LogP contribution in [-0.2, 0) is 13.5 Å². The Morgan fingerprint density at radius 2 is 2.29 bits per heavy atom. The Balaban J connectivity index is 2.34. The van der Waals surface area contributed by atoms with Crippen LogP contribution in [0.3, 0.4) is 0 Å². The second-order valence-corrected chi connectivity index (χ2v) is 6.57. The molecule has 31 heavy (non-hydrogen) atoms. The van der Waals surface area contributed by atoms with Crippen molar-refractivity contribution in [3.63, 3.8) is 0 Å². The van der Waals surface area contributed by atoms with Crippen molar-refractivity contribution in [1.29, 1.82) is 0 Å². The van der Waals surface area contributed by atoms with Crippen LogP contribution in [0.15, 0.2) is 24.3 Å². The molecule has 9 heteroatoms. The fourth-order valence-corrected chi connectivity index (χ4v) is 2.99. The van der Waals surface area contributed by atoms with Crippen molar-refractivity contribution in [3.8, 4) is 16.9 Å². The number of amides is 1. The molecule has 3 aromatic rings. The van der Waals surface area contributed by atoms with Gasteiger partial charge in [0.15, 0.2) is 11.6 Å². The van der Waals surface area contributed by atoms with Crippen LogP contribution in [0.4, 0.5) is 16.0 Å². The predicted molar refractivity (Wildman–Crippen MR) is 113 cm³/mol. The third-order valence-corrected chi connectivity index (χ3v) is 4.50. The molecular formula is C22H21FN6O2. The molecule has 1 aromatic carbocycles. The molecule has 0 unspecified atom stereocenters. The van der Waals surface area contributed by atoms with E-state index in [1.54, 1.807) is 0 Å². The maximum absolute atomic E-state index is 15.1. The van der Waals surface area contributed by atoms with E-state index in [-0.39, 0.29) is 4.90 Å². The minimum Gasteiger partial charge on any atom is -0.482 e. The van der Waals surface area contributed by atoms with Crippen molar-refractivity contribution < 1.29 is 27.6 Å². The summed E-state index contributed by atoms with van der Waals surface area (Å²) in [7, 11) is 1.21. The van der Waals surface area contributed by atoms with Gasteiger partial charge in [0.05, 0.1) is 23.1 Å². The van der Waals surface area contributed by atoms with Gasteiger partial charge in [0.25, 0.3) is 11.7 Å². The van der Waals surface area contributed by atoms with Crippen LogP contribution in [0.5, 0.6) is 5.75 Å². The van der Waals surface area contributed by atoms with Crippen LogP contribution in [0.1, 0.15) is 53.9 Å². The van der Waals surface area contributed by atoms with Crippen molar-refractivity contribution in [2.45, 2.75) is 26.4 Å². The van der Waals surface area contributed by atoms with Crippen LogP contribution in [-0.4, -0.2) is 32.5 Å². The summed E-state index contributed by atoms with van der Waals surface area (Å²) in [4.78, 5) is 20.9. The van der Waals surface area contributed by atoms with Gasteiger partial charge in [-0.2, -0.15) is 0 Å². The number of carbonyl (C=O) groups excluding carboxylic acids is 1. The summed E-state index contributed by atoms with van der Waals surface area (Å²) in [6.07, 6.45) is -3.49. The Bertz CT molecular complexity index is 1700. The minimum atomic E-state index is -3.62. The number of nitrogens with zero attached hydrogens (tertiary/aromatic N) is 5. The number of ether oxygens (including phenoxy) is 1. The highest BCUT2D eigenvalue weighted by molar-refractivity contribution is 5.96. The number of fused-ring (bicyclic) bond motifs is 5. The van der Waals surface area contributed by atoms with E-state index in [2.05, 4.69) is 14.9 Å². The standard InChI is InChI=1S/C22H21FN6O2/c1-11-6-15-14(8-16(11)23)12(2)31-18-7-13(9-26-20(18)24)19-17(10-28(4)22(15)30)27-29(5)21(19)25-3/h6-9,12H,10H2,1-2,4-5H3,(H2,24,26)/t12-/m1/s1/i4D3,6D,7D,8D,9D,10D2,12D. The average molecular weight is 431 g/mol. The van der Waals surface area contributed by atoms with Crippen LogP contribution >= 0.6 is 0 Å². The number of anilines is 1. The van der Waals surface area contributed by atoms with Crippen molar-refractivity contribution >= 4 is 17.5 Å². The quantitative estimate of drug-likeness (QED) is 0.548. The number of aryl methyl sites for hydroxylation is 1. The molecule has 1 atom stereocenters. The Morgan fingerprint density at radius 1 is 1.52 bits per heavy atom. The summed E-state index contributed by atoms with van der Waals surface area (Å²) >= 11 is 0. The Labute approximate surface area is 192 Å². The molecule has 0 aliphatic carbocycles. The summed E-state index contributed by atoms with van der Waals surface area (Å²) in [5, 5.41) is 3.95. The zero-order valence-electron chi connectivity index (χ0n) is 26.5. The highest BCUT2D eigenvalue weighted by atomic mass is 19.1. The van der Waals surface area contributed by atoms with Gasteiger partial charge < -0.3 is 20.2 Å². The molecule has 0 saturated carbocycles. The Kier molecular flexibility index (Phi) is 2.73. The third-order valence-electron chi connectivity index (χ3n) is 4.50. The lowest BCUT2D eigenvalue weighted by molar-refractivity contribution is 0.0778. The Hall–Kier alpha value is -3.93. The first kappa shape index (κ1) is 11.5. The second-order valence-electron chi connectivity index (χ2n) is 6.57. The van der Waals surface area contributed by atoms with E-state index in [4.69, 9.17) is 30.8 Å². The van der Waals surface area contributed by atoms with E-state index in [0.717, 1.165) is 18.5 Å². The van der Waals surface area contributed by atoms with Crippen LogP contribution in [0.25, 0.3) is 16.0 Å². The lowest BCUT2D eigenvalue weighted by Crippen LogP contribution is -2.29. The first-order valence-corrected chi connectivity index (χ1v) is 8.75. The fourth-order valence-electron chi connectivity index (χ4n) is 2.99. The smallest absolute Gasteiger partial charge is 0.260 e. The van der Waals surface area contributed by atoms with E-state index in [1.165, 1.54) is 7.05 Å². The molecule has 0 spiro atoms. The molecule has 158 valence electrons. The van der Waals surface area contributed by atoms with Gasteiger partial charge in [0, 0.05) is 34.0 Å². The topological polar surface area (TPSA) is 90.6 Å². The van der Waals surface area contributed by atoms with Crippen LogP contribution < -0.4 is 10.5 Å². The monoisotopic (exact) mass is 430 g/mol. The first-order chi connectivity index (χ1) is 18.7. The zero-order valence-corrected chi connectivity index (χ0v) is 16.5.